The highest BCUT2D eigenvalue weighted by Gasteiger charge is 2.18. The van der Waals surface area contributed by atoms with Crippen molar-refractivity contribution < 1.29 is 9.53 Å². The number of carbonyl (C=O) groups excluding carboxylic acids is 1. The molecular weight excluding hydrogens is 302 g/mol. The number of ether oxygens (including phenoxy) is 1. The van der Waals surface area contributed by atoms with Gasteiger partial charge in [-0.3, -0.25) is 4.79 Å². The lowest BCUT2D eigenvalue weighted by molar-refractivity contribution is 0.0931. The van der Waals surface area contributed by atoms with Crippen molar-refractivity contribution in [3.8, 4) is 5.75 Å². The monoisotopic (exact) mass is 325 g/mol. The molecule has 2 aromatic carbocycles. The number of hydrogen-bond donors (Lipinski definition) is 3. The van der Waals surface area contributed by atoms with Gasteiger partial charge in [-0.2, -0.15) is 0 Å². The molecule has 24 heavy (non-hydrogen) atoms. The highest BCUT2D eigenvalue weighted by molar-refractivity contribution is 6.00. The van der Waals surface area contributed by atoms with Crippen molar-refractivity contribution in [2.45, 2.75) is 18.9 Å². The van der Waals surface area contributed by atoms with Gasteiger partial charge in [0.1, 0.15) is 5.75 Å². The van der Waals surface area contributed by atoms with Crippen LogP contribution < -0.4 is 20.7 Å². The van der Waals surface area contributed by atoms with E-state index in [9.17, 15) is 4.79 Å². The van der Waals surface area contributed by atoms with E-state index in [0.717, 1.165) is 43.1 Å². The molecule has 0 radical (unpaired) electrons. The molecule has 1 aliphatic rings. The molecule has 3 rings (SSSR count). The molecule has 1 fully saturated rings. The summed E-state index contributed by atoms with van der Waals surface area (Å²) >= 11 is 0. The van der Waals surface area contributed by atoms with Crippen LogP contribution >= 0.6 is 0 Å². The predicted octanol–water partition coefficient (Wildman–Crippen LogP) is 2.92. The van der Waals surface area contributed by atoms with Crippen LogP contribution in [0.5, 0.6) is 5.75 Å². The first-order valence-corrected chi connectivity index (χ1v) is 8.28. The van der Waals surface area contributed by atoms with Gasteiger partial charge in [0, 0.05) is 24.3 Å². The SMILES string of the molecule is COc1cccc(Nc2ccccc2C(=O)N[C@H]2CCCNC2)c1. The van der Waals surface area contributed by atoms with E-state index in [4.69, 9.17) is 4.74 Å². The average Bonchev–Trinajstić information content (AvgIpc) is 2.63. The van der Waals surface area contributed by atoms with Crippen LogP contribution in [0.3, 0.4) is 0 Å². The minimum absolute atomic E-state index is 0.0466. The topological polar surface area (TPSA) is 62.4 Å². The van der Waals surface area contributed by atoms with Gasteiger partial charge in [-0.05, 0) is 43.7 Å². The number of anilines is 2. The molecule has 1 saturated heterocycles. The zero-order chi connectivity index (χ0) is 16.8. The number of carbonyl (C=O) groups is 1. The predicted molar refractivity (Wildman–Crippen MR) is 96.1 cm³/mol. The molecule has 126 valence electrons. The fraction of sp³-hybridized carbons (Fsp3) is 0.316. The standard InChI is InChI=1S/C19H23N3O2/c1-24-16-8-4-6-14(12-16)21-18-10-3-2-9-17(18)19(23)22-15-7-5-11-20-13-15/h2-4,6,8-10,12,15,20-21H,5,7,11,13H2,1H3,(H,22,23)/t15-/m0/s1. The summed E-state index contributed by atoms with van der Waals surface area (Å²) in [7, 11) is 1.64. The third-order valence-electron chi connectivity index (χ3n) is 4.15. The molecule has 1 amide bonds. The molecule has 0 saturated carbocycles. The smallest absolute Gasteiger partial charge is 0.253 e. The second-order valence-electron chi connectivity index (χ2n) is 5.92. The lowest BCUT2D eigenvalue weighted by atomic mass is 10.1. The number of nitrogens with one attached hydrogen (secondary N) is 3. The van der Waals surface area contributed by atoms with Crippen LogP contribution in [0.15, 0.2) is 48.5 Å². The molecule has 0 aromatic heterocycles. The van der Waals surface area contributed by atoms with E-state index in [-0.39, 0.29) is 11.9 Å². The summed E-state index contributed by atoms with van der Waals surface area (Å²) < 4.78 is 5.24. The molecular formula is C19H23N3O2. The second-order valence-corrected chi connectivity index (χ2v) is 5.92. The van der Waals surface area contributed by atoms with Crippen LogP contribution in [0.25, 0.3) is 0 Å². The molecule has 5 heteroatoms. The van der Waals surface area contributed by atoms with Gasteiger partial charge in [0.15, 0.2) is 0 Å². The van der Waals surface area contributed by atoms with Gasteiger partial charge in [0.2, 0.25) is 0 Å². The number of para-hydroxylation sites is 1. The summed E-state index contributed by atoms with van der Waals surface area (Å²) in [5.41, 5.74) is 2.31. The average molecular weight is 325 g/mol. The molecule has 3 N–H and O–H groups in total. The van der Waals surface area contributed by atoms with Crippen molar-refractivity contribution in [1.29, 1.82) is 0 Å². The van der Waals surface area contributed by atoms with Gasteiger partial charge in [-0.25, -0.2) is 0 Å². The van der Waals surface area contributed by atoms with Crippen LogP contribution in [0.2, 0.25) is 0 Å². The lowest BCUT2D eigenvalue weighted by Gasteiger charge is -2.24. The summed E-state index contributed by atoms with van der Waals surface area (Å²) in [6, 6.07) is 15.4. The Hall–Kier alpha value is -2.53. The first-order valence-electron chi connectivity index (χ1n) is 8.28. The van der Waals surface area contributed by atoms with Crippen molar-refractivity contribution in [3.63, 3.8) is 0 Å². The highest BCUT2D eigenvalue weighted by Crippen LogP contribution is 2.24. The van der Waals surface area contributed by atoms with Gasteiger partial charge < -0.3 is 20.7 Å². The van der Waals surface area contributed by atoms with Crippen LogP contribution in [0.1, 0.15) is 23.2 Å². The Bertz CT molecular complexity index is 697. The summed E-state index contributed by atoms with van der Waals surface area (Å²) in [4.78, 5) is 12.6. The maximum atomic E-state index is 12.6. The molecule has 1 heterocycles. The first kappa shape index (κ1) is 16.3. The maximum Gasteiger partial charge on any atom is 0.253 e. The molecule has 0 spiro atoms. The fourth-order valence-corrected chi connectivity index (χ4v) is 2.88. The van der Waals surface area contributed by atoms with Crippen molar-refractivity contribution in [1.82, 2.24) is 10.6 Å². The van der Waals surface area contributed by atoms with Crippen molar-refractivity contribution in [3.05, 3.63) is 54.1 Å². The molecule has 0 aliphatic carbocycles. The van der Waals surface area contributed by atoms with Gasteiger partial charge in [0.05, 0.1) is 18.4 Å². The molecule has 1 atom stereocenters. The van der Waals surface area contributed by atoms with E-state index >= 15 is 0 Å². The van der Waals surface area contributed by atoms with E-state index in [0.29, 0.717) is 5.56 Å². The van der Waals surface area contributed by atoms with Crippen LogP contribution in [-0.4, -0.2) is 32.1 Å². The molecule has 0 unspecified atom stereocenters. The lowest BCUT2D eigenvalue weighted by Crippen LogP contribution is -2.45. The van der Waals surface area contributed by atoms with E-state index in [1.165, 1.54) is 0 Å². The summed E-state index contributed by atoms with van der Waals surface area (Å²) in [6.07, 6.45) is 2.11. The van der Waals surface area contributed by atoms with Crippen LogP contribution in [0.4, 0.5) is 11.4 Å². The minimum Gasteiger partial charge on any atom is -0.497 e. The number of benzene rings is 2. The number of methoxy groups -OCH3 is 1. The first-order chi connectivity index (χ1) is 11.8. The summed E-state index contributed by atoms with van der Waals surface area (Å²) in [5.74, 6) is 0.727. The summed E-state index contributed by atoms with van der Waals surface area (Å²) in [5, 5.41) is 9.74. The van der Waals surface area contributed by atoms with Crippen LogP contribution in [-0.2, 0) is 0 Å². The van der Waals surface area contributed by atoms with Crippen molar-refractivity contribution in [2.75, 3.05) is 25.5 Å². The van der Waals surface area contributed by atoms with E-state index in [1.54, 1.807) is 7.11 Å². The molecule has 5 nitrogen and oxygen atoms in total. The zero-order valence-corrected chi connectivity index (χ0v) is 13.8. The quantitative estimate of drug-likeness (QED) is 0.791. The molecule has 2 aromatic rings. The third kappa shape index (κ3) is 4.06. The zero-order valence-electron chi connectivity index (χ0n) is 13.8. The number of amides is 1. The fourth-order valence-electron chi connectivity index (χ4n) is 2.88. The number of hydrogen-bond acceptors (Lipinski definition) is 4. The Morgan fingerprint density at radius 1 is 1.21 bits per heavy atom. The van der Waals surface area contributed by atoms with Crippen LogP contribution in [0, 0.1) is 0 Å². The van der Waals surface area contributed by atoms with Gasteiger partial charge >= 0.3 is 0 Å². The van der Waals surface area contributed by atoms with E-state index in [2.05, 4.69) is 16.0 Å². The van der Waals surface area contributed by atoms with Gasteiger partial charge in [-0.1, -0.05) is 18.2 Å². The molecule has 0 bridgehead atoms. The van der Waals surface area contributed by atoms with Crippen molar-refractivity contribution in [2.24, 2.45) is 0 Å². The second kappa shape index (κ2) is 7.84. The Morgan fingerprint density at radius 2 is 2.08 bits per heavy atom. The highest BCUT2D eigenvalue weighted by atomic mass is 16.5. The Morgan fingerprint density at radius 3 is 2.88 bits per heavy atom. The number of rotatable bonds is 5. The van der Waals surface area contributed by atoms with Crippen molar-refractivity contribution >= 4 is 17.3 Å². The van der Waals surface area contributed by atoms with E-state index < -0.39 is 0 Å². The van der Waals surface area contributed by atoms with Gasteiger partial charge in [-0.15, -0.1) is 0 Å². The Labute approximate surface area is 142 Å². The normalized spacial score (nSPS) is 17.1. The summed E-state index contributed by atoms with van der Waals surface area (Å²) in [6.45, 7) is 1.86. The van der Waals surface area contributed by atoms with Gasteiger partial charge in [0.25, 0.3) is 5.91 Å². The Kier molecular flexibility index (Phi) is 5.33. The van der Waals surface area contributed by atoms with E-state index in [1.807, 2.05) is 48.5 Å². The minimum atomic E-state index is -0.0466. The number of piperidine rings is 1. The Balaban J connectivity index is 1.75. The third-order valence-corrected chi connectivity index (χ3v) is 4.15. The molecule has 1 aliphatic heterocycles. The maximum absolute atomic E-state index is 12.6. The largest absolute Gasteiger partial charge is 0.497 e.